The molecule has 2 unspecified atom stereocenters. The van der Waals surface area contributed by atoms with Crippen molar-refractivity contribution in [1.82, 2.24) is 0 Å². The van der Waals surface area contributed by atoms with Crippen LogP contribution >= 0.6 is 15.6 Å². The second-order valence-electron chi connectivity index (χ2n) is 25.9. The molecule has 17 nitrogen and oxygen atoms in total. The SMILES string of the molecule is CCCCCCCCCCC(=O)O[C@H](COC(=O)CCCCCCC)COP(=O)(O)OC[C@H](O)COP(=O)(O)OC[C@@H](COC(=O)CCCCCCCCCCCCCCCCC(C)C)OC(=O)CCCCCCCCCCCCCCCCCC(C)C. The van der Waals surface area contributed by atoms with E-state index in [2.05, 4.69) is 41.5 Å². The van der Waals surface area contributed by atoms with Crippen LogP contribution in [0.3, 0.4) is 0 Å². The minimum Gasteiger partial charge on any atom is -0.462 e. The van der Waals surface area contributed by atoms with Gasteiger partial charge in [-0.15, -0.1) is 0 Å². The molecule has 88 heavy (non-hydrogen) atoms. The Morgan fingerprint density at radius 2 is 0.523 bits per heavy atom. The molecular weight excluding hydrogens is 1160 g/mol. The topological polar surface area (TPSA) is 237 Å². The molecule has 0 saturated heterocycles. The Kier molecular flexibility index (Phi) is 59.9. The summed E-state index contributed by atoms with van der Waals surface area (Å²) in [6.45, 7) is 9.47. The van der Waals surface area contributed by atoms with Crippen LogP contribution in [0.5, 0.6) is 0 Å². The molecule has 5 atom stereocenters. The summed E-state index contributed by atoms with van der Waals surface area (Å²) in [5, 5.41) is 10.5. The summed E-state index contributed by atoms with van der Waals surface area (Å²) < 4.78 is 67.9. The third-order valence-electron chi connectivity index (χ3n) is 16.0. The Labute approximate surface area is 537 Å². The maximum Gasteiger partial charge on any atom is 0.472 e. The summed E-state index contributed by atoms with van der Waals surface area (Å²) in [6, 6.07) is 0. The van der Waals surface area contributed by atoms with Gasteiger partial charge in [-0.2, -0.15) is 0 Å². The van der Waals surface area contributed by atoms with E-state index < -0.39 is 97.5 Å². The summed E-state index contributed by atoms with van der Waals surface area (Å²) >= 11 is 0. The highest BCUT2D eigenvalue weighted by Crippen LogP contribution is 2.45. The van der Waals surface area contributed by atoms with E-state index in [1.54, 1.807) is 0 Å². The zero-order valence-corrected chi connectivity index (χ0v) is 58.8. The second-order valence-corrected chi connectivity index (χ2v) is 28.8. The standard InChI is InChI=1S/C69H134O17P2/c1-7-9-11-13-14-34-41-47-53-68(73)85-64(57-79-66(71)51-45-37-12-10-8-2)59-83-87(75,76)81-55-63(70)56-82-88(77,78)84-60-65(58-80-67(72)52-46-40-35-30-26-22-19-18-21-25-29-33-39-44-50-62(5)6)86-69(74)54-48-42-36-31-27-23-17-15-16-20-24-28-32-38-43-49-61(3)4/h61-65,70H,7-60H2,1-6H3,(H,75,76)(H,77,78)/t63-,64+,65+/m0/s1. The first-order valence-corrected chi connectivity index (χ1v) is 39.0. The van der Waals surface area contributed by atoms with Crippen LogP contribution in [0.2, 0.25) is 0 Å². The van der Waals surface area contributed by atoms with E-state index >= 15 is 0 Å². The lowest BCUT2D eigenvalue weighted by Crippen LogP contribution is -2.30. The molecular formula is C69H134O17P2. The first-order valence-electron chi connectivity index (χ1n) is 36.0. The summed E-state index contributed by atoms with van der Waals surface area (Å²) in [5.41, 5.74) is 0. The molecule has 0 heterocycles. The number of aliphatic hydroxyl groups excluding tert-OH is 1. The molecule has 0 fully saturated rings. The van der Waals surface area contributed by atoms with Crippen molar-refractivity contribution >= 4 is 39.5 Å². The van der Waals surface area contributed by atoms with Crippen molar-refractivity contribution < 1.29 is 80.2 Å². The minimum absolute atomic E-state index is 0.104. The van der Waals surface area contributed by atoms with Gasteiger partial charge in [0, 0.05) is 25.7 Å². The van der Waals surface area contributed by atoms with Crippen LogP contribution in [0.15, 0.2) is 0 Å². The third-order valence-corrected chi connectivity index (χ3v) is 17.9. The van der Waals surface area contributed by atoms with Crippen molar-refractivity contribution in [1.29, 1.82) is 0 Å². The minimum atomic E-state index is -4.95. The number of phosphoric acid groups is 2. The molecule has 0 amide bonds. The number of hydrogen-bond donors (Lipinski definition) is 3. The monoisotopic (exact) mass is 1300 g/mol. The molecule has 0 spiro atoms. The lowest BCUT2D eigenvalue weighted by Gasteiger charge is -2.21. The predicted octanol–water partition coefficient (Wildman–Crippen LogP) is 19.6. The molecule has 0 bridgehead atoms. The number of carbonyl (C=O) groups is 4. The number of unbranched alkanes of at least 4 members (excludes halogenated alkanes) is 38. The molecule has 0 radical (unpaired) electrons. The lowest BCUT2D eigenvalue weighted by atomic mass is 10.0. The van der Waals surface area contributed by atoms with E-state index in [4.69, 9.17) is 37.0 Å². The van der Waals surface area contributed by atoms with Crippen LogP contribution in [0.1, 0.15) is 350 Å². The van der Waals surface area contributed by atoms with Gasteiger partial charge in [0.25, 0.3) is 0 Å². The van der Waals surface area contributed by atoms with E-state index in [9.17, 15) is 43.2 Å². The summed E-state index contributed by atoms with van der Waals surface area (Å²) in [4.78, 5) is 72.1. The van der Waals surface area contributed by atoms with Gasteiger partial charge in [-0.1, -0.05) is 298 Å². The van der Waals surface area contributed by atoms with Crippen molar-refractivity contribution in [3.63, 3.8) is 0 Å². The van der Waals surface area contributed by atoms with Gasteiger partial charge < -0.3 is 33.8 Å². The van der Waals surface area contributed by atoms with E-state index in [-0.39, 0.29) is 25.7 Å². The van der Waals surface area contributed by atoms with Gasteiger partial charge in [0.05, 0.1) is 26.4 Å². The van der Waals surface area contributed by atoms with Gasteiger partial charge in [-0.05, 0) is 37.5 Å². The lowest BCUT2D eigenvalue weighted by molar-refractivity contribution is -0.161. The number of rotatable bonds is 68. The van der Waals surface area contributed by atoms with Gasteiger partial charge >= 0.3 is 39.5 Å². The number of aliphatic hydroxyl groups is 1. The smallest absolute Gasteiger partial charge is 0.462 e. The Morgan fingerprint density at radius 3 is 0.773 bits per heavy atom. The van der Waals surface area contributed by atoms with E-state index in [0.717, 1.165) is 115 Å². The predicted molar refractivity (Wildman–Crippen MR) is 354 cm³/mol. The summed E-state index contributed by atoms with van der Waals surface area (Å²) in [5.74, 6) is -0.538. The molecule has 0 saturated carbocycles. The van der Waals surface area contributed by atoms with Crippen molar-refractivity contribution in [3.05, 3.63) is 0 Å². The first-order chi connectivity index (χ1) is 42.4. The normalized spacial score (nSPS) is 14.2. The van der Waals surface area contributed by atoms with Crippen LogP contribution in [0, 0.1) is 11.8 Å². The number of esters is 4. The summed E-state index contributed by atoms with van der Waals surface area (Å²) in [7, 11) is -9.88. The van der Waals surface area contributed by atoms with Gasteiger partial charge in [0.2, 0.25) is 0 Å². The number of phosphoric ester groups is 2. The van der Waals surface area contributed by atoms with E-state index in [1.807, 2.05) is 0 Å². The van der Waals surface area contributed by atoms with Crippen LogP contribution in [0.4, 0.5) is 0 Å². The fourth-order valence-corrected chi connectivity index (χ4v) is 12.0. The molecule has 0 aliphatic heterocycles. The zero-order chi connectivity index (χ0) is 65.0. The molecule has 0 aromatic rings. The van der Waals surface area contributed by atoms with Crippen LogP contribution in [-0.2, 0) is 65.4 Å². The van der Waals surface area contributed by atoms with Gasteiger partial charge in [-0.25, -0.2) is 9.13 Å². The van der Waals surface area contributed by atoms with Gasteiger partial charge in [0.15, 0.2) is 12.2 Å². The van der Waals surface area contributed by atoms with Gasteiger partial charge in [-0.3, -0.25) is 37.3 Å². The maximum atomic E-state index is 13.0. The quantitative estimate of drug-likeness (QED) is 0.0222. The van der Waals surface area contributed by atoms with Crippen molar-refractivity contribution in [2.45, 2.75) is 368 Å². The highest BCUT2D eigenvalue weighted by atomic mass is 31.2. The first kappa shape index (κ1) is 86.1. The van der Waals surface area contributed by atoms with Crippen LogP contribution in [0.25, 0.3) is 0 Å². The summed E-state index contributed by atoms with van der Waals surface area (Å²) in [6.07, 6.45) is 46.3. The molecule has 0 aliphatic rings. The molecule has 19 heteroatoms. The van der Waals surface area contributed by atoms with Gasteiger partial charge in [0.1, 0.15) is 19.3 Å². The second kappa shape index (κ2) is 61.3. The average molecular weight is 1300 g/mol. The largest absolute Gasteiger partial charge is 0.472 e. The third kappa shape index (κ3) is 62.8. The molecule has 0 rings (SSSR count). The van der Waals surface area contributed by atoms with Crippen LogP contribution < -0.4 is 0 Å². The molecule has 0 aliphatic carbocycles. The zero-order valence-electron chi connectivity index (χ0n) is 57.0. The number of hydrogen-bond acceptors (Lipinski definition) is 15. The maximum absolute atomic E-state index is 13.0. The number of carbonyl (C=O) groups excluding carboxylic acids is 4. The highest BCUT2D eigenvalue weighted by molar-refractivity contribution is 7.47. The highest BCUT2D eigenvalue weighted by Gasteiger charge is 2.30. The van der Waals surface area contributed by atoms with E-state index in [0.29, 0.717) is 25.7 Å². The Bertz CT molecular complexity index is 1720. The Hall–Kier alpha value is -1.94. The van der Waals surface area contributed by atoms with Crippen molar-refractivity contribution in [3.8, 4) is 0 Å². The Balaban J connectivity index is 5.12. The fraction of sp³-hybridized carbons (Fsp3) is 0.942. The van der Waals surface area contributed by atoms with E-state index in [1.165, 1.54) is 154 Å². The van der Waals surface area contributed by atoms with Crippen molar-refractivity contribution in [2.75, 3.05) is 39.6 Å². The van der Waals surface area contributed by atoms with Crippen molar-refractivity contribution in [2.24, 2.45) is 11.8 Å². The molecule has 0 aromatic heterocycles. The molecule has 3 N–H and O–H groups in total. The Morgan fingerprint density at radius 1 is 0.307 bits per heavy atom. The molecule has 522 valence electrons. The molecule has 0 aromatic carbocycles. The van der Waals surface area contributed by atoms with Crippen LogP contribution in [-0.4, -0.2) is 96.7 Å². The average Bonchev–Trinajstić information content (AvgIpc) is 3.62. The fourth-order valence-electron chi connectivity index (χ4n) is 10.4. The number of ether oxygens (including phenoxy) is 4.